The van der Waals surface area contributed by atoms with Crippen LogP contribution in [0.2, 0.25) is 0 Å². The molecule has 1 aliphatic carbocycles. The number of benzene rings is 1. The molecule has 1 unspecified atom stereocenters. The van der Waals surface area contributed by atoms with Gasteiger partial charge in [0.15, 0.2) is 0 Å². The minimum absolute atomic E-state index is 0.0974. The Hall–Kier alpha value is -2.60. The van der Waals surface area contributed by atoms with Crippen molar-refractivity contribution in [3.05, 3.63) is 53.2 Å². The normalized spacial score (nSPS) is 16.4. The highest BCUT2D eigenvalue weighted by Crippen LogP contribution is 2.23. The number of aromatic nitrogens is 3. The lowest BCUT2D eigenvalue weighted by Gasteiger charge is -2.24. The van der Waals surface area contributed by atoms with Crippen LogP contribution < -0.4 is 5.32 Å². The van der Waals surface area contributed by atoms with Crippen LogP contribution in [0.25, 0.3) is 10.9 Å². The molecule has 0 bridgehead atoms. The summed E-state index contributed by atoms with van der Waals surface area (Å²) in [5, 5.41) is 13.6. The molecular weight excluding hydrogens is 340 g/mol. The van der Waals surface area contributed by atoms with E-state index in [1.54, 1.807) is 0 Å². The summed E-state index contributed by atoms with van der Waals surface area (Å²) in [5.41, 5.74) is 4.58. The molecule has 1 aliphatic rings. The predicted octanol–water partition coefficient (Wildman–Crippen LogP) is 2.27. The number of amides is 1. The highest BCUT2D eigenvalue weighted by molar-refractivity contribution is 5.84. The highest BCUT2D eigenvalue weighted by atomic mass is 16.3. The van der Waals surface area contributed by atoms with E-state index in [0.717, 1.165) is 42.7 Å². The maximum atomic E-state index is 12.4. The van der Waals surface area contributed by atoms with Gasteiger partial charge in [0.05, 0.1) is 12.3 Å². The molecule has 3 N–H and O–H groups in total. The van der Waals surface area contributed by atoms with E-state index in [4.69, 9.17) is 0 Å². The molecule has 6 nitrogen and oxygen atoms in total. The number of aliphatic hydroxyl groups is 1. The van der Waals surface area contributed by atoms with Gasteiger partial charge in [-0.15, -0.1) is 0 Å². The lowest BCUT2D eigenvalue weighted by molar-refractivity contribution is -0.121. The van der Waals surface area contributed by atoms with Crippen LogP contribution in [-0.2, 0) is 30.6 Å². The fraction of sp³-hybridized carbons (Fsp3) is 0.429. The highest BCUT2D eigenvalue weighted by Gasteiger charge is 2.25. The maximum Gasteiger partial charge on any atom is 0.220 e. The number of carbonyl (C=O) groups is 1. The van der Waals surface area contributed by atoms with E-state index in [-0.39, 0.29) is 18.6 Å². The molecule has 0 aliphatic heterocycles. The average Bonchev–Trinajstić information content (AvgIpc) is 3.21. The zero-order valence-electron chi connectivity index (χ0n) is 15.7. The van der Waals surface area contributed by atoms with Crippen LogP contribution >= 0.6 is 0 Å². The van der Waals surface area contributed by atoms with Crippen LogP contribution in [0.5, 0.6) is 0 Å². The Kier molecular flexibility index (Phi) is 4.99. The number of fused-ring (bicyclic) bond motifs is 2. The second kappa shape index (κ2) is 7.56. The second-order valence-corrected chi connectivity index (χ2v) is 7.29. The van der Waals surface area contributed by atoms with E-state index in [1.165, 1.54) is 16.6 Å². The Labute approximate surface area is 158 Å². The number of H-pyrrole nitrogens is 1. The Morgan fingerprint density at radius 2 is 2.26 bits per heavy atom. The first kappa shape index (κ1) is 17.8. The van der Waals surface area contributed by atoms with Crippen LogP contribution in [0.15, 0.2) is 30.5 Å². The van der Waals surface area contributed by atoms with Gasteiger partial charge in [0.2, 0.25) is 5.91 Å². The van der Waals surface area contributed by atoms with Crippen LogP contribution in [0.3, 0.4) is 0 Å². The van der Waals surface area contributed by atoms with Crippen molar-refractivity contribution in [1.29, 1.82) is 0 Å². The molecule has 3 aromatic rings. The number of nitrogens with one attached hydrogen (secondary N) is 2. The van der Waals surface area contributed by atoms with Gasteiger partial charge in [0.25, 0.3) is 0 Å². The molecule has 2 aromatic heterocycles. The number of rotatable bonds is 6. The molecular formula is C21H26N4O2. The molecule has 142 valence electrons. The van der Waals surface area contributed by atoms with Gasteiger partial charge in [-0.05, 0) is 37.8 Å². The standard InChI is InChI=1S/C21H26N4O2/c1-14-23-19-12-16(7-8-20(19)25(14)10-11-26)24-21(27)9-6-15-13-22-18-5-3-2-4-17(15)18/h2-5,13,16,22,26H,6-12H2,1H3,(H,24,27). The molecule has 0 radical (unpaired) electrons. The zero-order chi connectivity index (χ0) is 18.8. The van der Waals surface area contributed by atoms with Crippen LogP contribution in [0.1, 0.15) is 35.6 Å². The maximum absolute atomic E-state index is 12.4. The lowest BCUT2D eigenvalue weighted by atomic mass is 9.95. The Morgan fingerprint density at radius 1 is 1.41 bits per heavy atom. The summed E-state index contributed by atoms with van der Waals surface area (Å²) in [4.78, 5) is 20.4. The predicted molar refractivity (Wildman–Crippen MR) is 105 cm³/mol. The first-order valence-electron chi connectivity index (χ1n) is 9.66. The van der Waals surface area contributed by atoms with E-state index in [1.807, 2.05) is 25.3 Å². The summed E-state index contributed by atoms with van der Waals surface area (Å²) < 4.78 is 2.10. The van der Waals surface area contributed by atoms with Crippen molar-refractivity contribution in [3.63, 3.8) is 0 Å². The number of para-hydroxylation sites is 1. The molecule has 0 fully saturated rings. The fourth-order valence-electron chi connectivity index (χ4n) is 4.17. The number of hydrogen-bond acceptors (Lipinski definition) is 3. The number of aryl methyl sites for hydroxylation is 2. The molecule has 27 heavy (non-hydrogen) atoms. The topological polar surface area (TPSA) is 82.9 Å². The third-order valence-corrected chi connectivity index (χ3v) is 5.50. The monoisotopic (exact) mass is 366 g/mol. The third-order valence-electron chi connectivity index (χ3n) is 5.50. The van der Waals surface area contributed by atoms with Gasteiger partial charge >= 0.3 is 0 Å². The molecule has 6 heteroatoms. The molecule has 0 saturated carbocycles. The van der Waals surface area contributed by atoms with Crippen LogP contribution in [-0.4, -0.2) is 38.2 Å². The van der Waals surface area contributed by atoms with E-state index < -0.39 is 0 Å². The first-order chi connectivity index (χ1) is 13.2. The second-order valence-electron chi connectivity index (χ2n) is 7.29. The van der Waals surface area contributed by atoms with E-state index in [9.17, 15) is 9.90 Å². The lowest BCUT2D eigenvalue weighted by Crippen LogP contribution is -2.39. The smallest absolute Gasteiger partial charge is 0.220 e. The minimum Gasteiger partial charge on any atom is -0.395 e. The number of hydrogen-bond donors (Lipinski definition) is 3. The molecule has 0 spiro atoms. The van der Waals surface area contributed by atoms with Crippen molar-refractivity contribution in [2.24, 2.45) is 0 Å². The van der Waals surface area contributed by atoms with Gasteiger partial charge < -0.3 is 20.0 Å². The fourth-order valence-corrected chi connectivity index (χ4v) is 4.17. The van der Waals surface area contributed by atoms with Crippen molar-refractivity contribution in [3.8, 4) is 0 Å². The first-order valence-corrected chi connectivity index (χ1v) is 9.66. The molecule has 1 aromatic carbocycles. The Morgan fingerprint density at radius 3 is 3.11 bits per heavy atom. The summed E-state index contributed by atoms with van der Waals surface area (Å²) in [6.07, 6.45) is 5.81. The number of carbonyl (C=O) groups excluding carboxylic acids is 1. The van der Waals surface area contributed by atoms with Crippen molar-refractivity contribution in [1.82, 2.24) is 19.9 Å². The van der Waals surface area contributed by atoms with Crippen molar-refractivity contribution < 1.29 is 9.90 Å². The van der Waals surface area contributed by atoms with E-state index in [2.05, 4.69) is 32.0 Å². The van der Waals surface area contributed by atoms with Crippen LogP contribution in [0, 0.1) is 6.92 Å². The van der Waals surface area contributed by atoms with Gasteiger partial charge in [-0.25, -0.2) is 4.98 Å². The van der Waals surface area contributed by atoms with Gasteiger partial charge in [-0.1, -0.05) is 18.2 Å². The van der Waals surface area contributed by atoms with E-state index >= 15 is 0 Å². The zero-order valence-corrected chi connectivity index (χ0v) is 15.7. The Bertz CT molecular complexity index is 956. The number of imidazole rings is 1. The van der Waals surface area contributed by atoms with Crippen molar-refractivity contribution in [2.45, 2.75) is 51.6 Å². The van der Waals surface area contributed by atoms with Gasteiger partial charge in [0.1, 0.15) is 5.82 Å². The molecule has 1 amide bonds. The summed E-state index contributed by atoms with van der Waals surface area (Å²) in [7, 11) is 0. The molecule has 0 saturated heterocycles. The quantitative estimate of drug-likeness (QED) is 0.626. The summed E-state index contributed by atoms with van der Waals surface area (Å²) in [6.45, 7) is 2.69. The number of aromatic amines is 1. The number of nitrogens with zero attached hydrogens (tertiary/aromatic N) is 2. The number of aliphatic hydroxyl groups excluding tert-OH is 1. The van der Waals surface area contributed by atoms with Gasteiger partial charge in [-0.2, -0.15) is 0 Å². The van der Waals surface area contributed by atoms with Crippen molar-refractivity contribution >= 4 is 16.8 Å². The van der Waals surface area contributed by atoms with Crippen molar-refractivity contribution in [2.75, 3.05) is 6.61 Å². The van der Waals surface area contributed by atoms with Gasteiger partial charge in [-0.3, -0.25) is 4.79 Å². The molecule has 2 heterocycles. The molecule has 1 atom stereocenters. The van der Waals surface area contributed by atoms with Gasteiger partial charge in [0, 0.05) is 48.2 Å². The SMILES string of the molecule is Cc1nc2c(n1CCO)CCC(NC(=O)CCc1c[nH]c3ccccc13)C2. The third kappa shape index (κ3) is 3.62. The molecule has 4 rings (SSSR count). The minimum atomic E-state index is 0.0974. The van der Waals surface area contributed by atoms with E-state index in [0.29, 0.717) is 13.0 Å². The average molecular weight is 366 g/mol. The summed E-state index contributed by atoms with van der Waals surface area (Å²) in [5.74, 6) is 1.04. The largest absolute Gasteiger partial charge is 0.395 e. The summed E-state index contributed by atoms with van der Waals surface area (Å²) >= 11 is 0. The Balaban J connectivity index is 1.34. The summed E-state index contributed by atoms with van der Waals surface area (Å²) in [6, 6.07) is 8.32. The van der Waals surface area contributed by atoms with Crippen LogP contribution in [0.4, 0.5) is 0 Å².